The summed E-state index contributed by atoms with van der Waals surface area (Å²) >= 11 is 0. The highest BCUT2D eigenvalue weighted by atomic mass is 19.4. The fraction of sp³-hybridized carbons (Fsp3) is 0.200. The monoisotopic (exact) mass is 372 g/mol. The lowest BCUT2D eigenvalue weighted by molar-refractivity contribution is -0.274. The minimum atomic E-state index is -4.77. The fourth-order valence-corrected chi connectivity index (χ4v) is 3.26. The molecule has 4 rings (SSSR count). The highest BCUT2D eigenvalue weighted by Crippen LogP contribution is 2.51. The molecule has 27 heavy (non-hydrogen) atoms. The molecule has 0 saturated heterocycles. The number of ether oxygens (including phenoxy) is 1. The highest BCUT2D eigenvalue weighted by molar-refractivity contribution is 6.02. The minimum absolute atomic E-state index is 0.236. The van der Waals surface area contributed by atoms with Crippen LogP contribution in [0.25, 0.3) is 10.9 Å². The number of carbonyl (C=O) groups is 1. The Hall–Kier alpha value is -3.09. The second-order valence-electron chi connectivity index (χ2n) is 6.40. The molecule has 4 nitrogen and oxygen atoms in total. The van der Waals surface area contributed by atoms with Gasteiger partial charge in [-0.1, -0.05) is 36.4 Å². The number of nitrogens with one attached hydrogen (secondary N) is 1. The van der Waals surface area contributed by atoms with E-state index in [2.05, 4.69) is 15.0 Å². The smallest absolute Gasteiger partial charge is 0.405 e. The number of carbonyl (C=O) groups excluding carboxylic acids is 1. The van der Waals surface area contributed by atoms with Crippen LogP contribution in [0, 0.1) is 5.92 Å². The van der Waals surface area contributed by atoms with Crippen LogP contribution in [-0.2, 0) is 4.79 Å². The molecule has 138 valence electrons. The second kappa shape index (κ2) is 6.57. The van der Waals surface area contributed by atoms with Crippen molar-refractivity contribution >= 4 is 22.5 Å². The second-order valence-corrected chi connectivity index (χ2v) is 6.40. The van der Waals surface area contributed by atoms with E-state index in [9.17, 15) is 18.0 Å². The van der Waals surface area contributed by atoms with Gasteiger partial charge in [-0.2, -0.15) is 0 Å². The normalized spacial score (nSPS) is 18.9. The summed E-state index contributed by atoms with van der Waals surface area (Å²) in [5.41, 5.74) is 1.65. The number of alkyl halides is 3. The quantitative estimate of drug-likeness (QED) is 0.710. The molecule has 1 heterocycles. The van der Waals surface area contributed by atoms with Crippen LogP contribution in [0.2, 0.25) is 0 Å². The van der Waals surface area contributed by atoms with Gasteiger partial charge in [0.1, 0.15) is 5.75 Å². The van der Waals surface area contributed by atoms with Crippen LogP contribution in [-0.4, -0.2) is 17.3 Å². The van der Waals surface area contributed by atoms with Gasteiger partial charge in [-0.25, -0.2) is 0 Å². The molecule has 1 saturated carbocycles. The summed E-state index contributed by atoms with van der Waals surface area (Å²) in [4.78, 5) is 16.9. The first kappa shape index (κ1) is 17.3. The lowest BCUT2D eigenvalue weighted by atomic mass is 10.1. The molecule has 2 aromatic carbocycles. The largest absolute Gasteiger partial charge is 0.573 e. The number of hydrogen-bond acceptors (Lipinski definition) is 3. The van der Waals surface area contributed by atoms with Crippen LogP contribution in [0.1, 0.15) is 17.9 Å². The van der Waals surface area contributed by atoms with Gasteiger partial charge in [0.2, 0.25) is 5.91 Å². The van der Waals surface area contributed by atoms with Gasteiger partial charge in [0.25, 0.3) is 0 Å². The Morgan fingerprint density at radius 2 is 1.85 bits per heavy atom. The van der Waals surface area contributed by atoms with Crippen molar-refractivity contribution in [2.45, 2.75) is 18.7 Å². The number of halogens is 3. The number of amides is 1. The van der Waals surface area contributed by atoms with Crippen LogP contribution in [0.15, 0.2) is 60.8 Å². The molecule has 1 fully saturated rings. The molecule has 1 aliphatic rings. The van der Waals surface area contributed by atoms with Gasteiger partial charge < -0.3 is 10.1 Å². The third kappa shape index (κ3) is 3.72. The van der Waals surface area contributed by atoms with Gasteiger partial charge in [-0.15, -0.1) is 13.2 Å². The van der Waals surface area contributed by atoms with Crippen molar-refractivity contribution in [3.8, 4) is 5.75 Å². The summed E-state index contributed by atoms with van der Waals surface area (Å²) < 4.78 is 41.9. The third-order valence-electron chi connectivity index (χ3n) is 4.56. The van der Waals surface area contributed by atoms with Crippen molar-refractivity contribution < 1.29 is 22.7 Å². The number of pyridine rings is 1. The molecule has 7 heteroatoms. The number of benzene rings is 2. The summed E-state index contributed by atoms with van der Waals surface area (Å²) in [5.74, 6) is -1.19. The third-order valence-corrected chi connectivity index (χ3v) is 4.56. The molecule has 1 aromatic heterocycles. The number of anilines is 1. The van der Waals surface area contributed by atoms with E-state index in [1.165, 1.54) is 12.1 Å². The number of aromatic nitrogens is 1. The molecule has 2 atom stereocenters. The average molecular weight is 372 g/mol. The molecule has 0 radical (unpaired) electrons. The molecule has 3 aromatic rings. The standard InChI is InChI=1S/C20H15F3N2O2/c21-20(22,23)27-17-9-2-1-7-13(17)14-11-15(14)19(26)25-16-8-3-5-12-6-4-10-24-18(12)16/h1-10,14-15H,11H2,(H,25,26)/t14-,15-/m1/s1. The summed E-state index contributed by atoms with van der Waals surface area (Å²) in [6.07, 6.45) is -2.65. The van der Waals surface area contributed by atoms with E-state index in [0.29, 0.717) is 23.2 Å². The molecule has 1 amide bonds. The predicted molar refractivity (Wildman–Crippen MR) is 94.3 cm³/mol. The lowest BCUT2D eigenvalue weighted by Crippen LogP contribution is -2.18. The van der Waals surface area contributed by atoms with Crippen LogP contribution in [0.5, 0.6) is 5.75 Å². The zero-order valence-corrected chi connectivity index (χ0v) is 14.0. The Labute approximate surface area is 153 Å². The molecular formula is C20H15F3N2O2. The number of para-hydroxylation sites is 2. The first-order chi connectivity index (χ1) is 12.9. The first-order valence-corrected chi connectivity index (χ1v) is 8.42. The maximum absolute atomic E-state index is 12.6. The van der Waals surface area contributed by atoms with E-state index in [1.54, 1.807) is 24.4 Å². The summed E-state index contributed by atoms with van der Waals surface area (Å²) in [6, 6.07) is 15.1. The number of fused-ring (bicyclic) bond motifs is 1. The van der Waals surface area contributed by atoms with Crippen molar-refractivity contribution in [3.05, 3.63) is 66.4 Å². The van der Waals surface area contributed by atoms with Crippen molar-refractivity contribution in [1.29, 1.82) is 0 Å². The average Bonchev–Trinajstić information content (AvgIpc) is 3.42. The Bertz CT molecular complexity index is 998. The highest BCUT2D eigenvalue weighted by Gasteiger charge is 2.46. The van der Waals surface area contributed by atoms with Crippen molar-refractivity contribution in [1.82, 2.24) is 4.98 Å². The maximum atomic E-state index is 12.6. The topological polar surface area (TPSA) is 51.2 Å². The van der Waals surface area contributed by atoms with Crippen LogP contribution >= 0.6 is 0 Å². The summed E-state index contributed by atoms with van der Waals surface area (Å²) in [6.45, 7) is 0. The fourth-order valence-electron chi connectivity index (χ4n) is 3.26. The number of nitrogens with zero attached hydrogens (tertiary/aromatic N) is 1. The number of rotatable bonds is 4. The van der Waals surface area contributed by atoms with Gasteiger partial charge in [-0.3, -0.25) is 9.78 Å². The van der Waals surface area contributed by atoms with E-state index in [1.807, 2.05) is 24.3 Å². The van der Waals surface area contributed by atoms with E-state index in [-0.39, 0.29) is 17.6 Å². The molecule has 0 unspecified atom stereocenters. The van der Waals surface area contributed by atoms with Crippen molar-refractivity contribution in [2.24, 2.45) is 5.92 Å². The van der Waals surface area contributed by atoms with Crippen LogP contribution < -0.4 is 10.1 Å². The molecule has 0 bridgehead atoms. The lowest BCUT2D eigenvalue weighted by Gasteiger charge is -2.13. The van der Waals surface area contributed by atoms with Gasteiger partial charge >= 0.3 is 6.36 Å². The summed E-state index contributed by atoms with van der Waals surface area (Å²) in [7, 11) is 0. The molecule has 0 aliphatic heterocycles. The molecular weight excluding hydrogens is 357 g/mol. The van der Waals surface area contributed by atoms with E-state index in [4.69, 9.17) is 0 Å². The minimum Gasteiger partial charge on any atom is -0.405 e. The van der Waals surface area contributed by atoms with E-state index in [0.717, 1.165) is 5.39 Å². The first-order valence-electron chi connectivity index (χ1n) is 8.42. The molecule has 1 aliphatic carbocycles. The molecule has 0 spiro atoms. The number of hydrogen-bond donors (Lipinski definition) is 1. The van der Waals surface area contributed by atoms with Gasteiger partial charge in [0.15, 0.2) is 0 Å². The Balaban J connectivity index is 1.52. The SMILES string of the molecule is O=C(Nc1cccc2cccnc12)[C@@H]1C[C@@H]1c1ccccc1OC(F)(F)F. The maximum Gasteiger partial charge on any atom is 0.573 e. The van der Waals surface area contributed by atoms with Crippen molar-refractivity contribution in [3.63, 3.8) is 0 Å². The van der Waals surface area contributed by atoms with Crippen LogP contribution in [0.3, 0.4) is 0 Å². The Morgan fingerprint density at radius 3 is 2.67 bits per heavy atom. The summed E-state index contributed by atoms with van der Waals surface area (Å²) in [5, 5.41) is 3.74. The molecule has 1 N–H and O–H groups in total. The predicted octanol–water partition coefficient (Wildman–Crippen LogP) is 4.88. The van der Waals surface area contributed by atoms with Gasteiger partial charge in [-0.05, 0) is 36.1 Å². The van der Waals surface area contributed by atoms with E-state index >= 15 is 0 Å². The van der Waals surface area contributed by atoms with Gasteiger partial charge in [0.05, 0.1) is 11.2 Å². The zero-order valence-electron chi connectivity index (χ0n) is 14.0. The van der Waals surface area contributed by atoms with E-state index < -0.39 is 12.3 Å². The Morgan fingerprint density at radius 1 is 1.07 bits per heavy atom. The Kier molecular flexibility index (Phi) is 4.22. The van der Waals surface area contributed by atoms with Crippen LogP contribution in [0.4, 0.5) is 18.9 Å². The zero-order chi connectivity index (χ0) is 19.0. The van der Waals surface area contributed by atoms with Gasteiger partial charge in [0, 0.05) is 17.5 Å². The van der Waals surface area contributed by atoms with Crippen molar-refractivity contribution in [2.75, 3.05) is 5.32 Å².